The van der Waals surface area contributed by atoms with Crippen LogP contribution in [0, 0.1) is 11.8 Å². The monoisotopic (exact) mass is 575 g/mol. The molecule has 1 N–H and O–H groups in total. The first-order chi connectivity index (χ1) is 19.8. The molecule has 41 heavy (non-hydrogen) atoms. The molecule has 0 saturated carbocycles. The number of allylic oxidation sites excluding steroid dienone is 1. The SMILES string of the molecule is C=CCCCCOC(=O)[C@@H]1[C@H]2C(=O)N(CCCCCO)C(C(=O)N(CC=C)CCN3CCOCC3)C23CC[C@@]1(C)O3. The number of esters is 1. The Kier molecular flexibility index (Phi) is 11.0. The van der Waals surface area contributed by atoms with Gasteiger partial charge in [0, 0.05) is 45.9 Å². The Labute approximate surface area is 244 Å². The molecule has 0 aromatic heterocycles. The van der Waals surface area contributed by atoms with E-state index in [4.69, 9.17) is 14.2 Å². The summed E-state index contributed by atoms with van der Waals surface area (Å²) in [5.74, 6) is -2.26. The number of unbranched alkanes of at least 4 members (excludes halogenated alkanes) is 4. The molecule has 0 radical (unpaired) electrons. The molecule has 0 aliphatic carbocycles. The first-order valence-electron chi connectivity index (χ1n) is 15.4. The van der Waals surface area contributed by atoms with E-state index in [9.17, 15) is 19.5 Å². The number of nitrogens with zero attached hydrogens (tertiary/aromatic N) is 3. The molecule has 4 saturated heterocycles. The number of carbonyl (C=O) groups is 3. The zero-order valence-electron chi connectivity index (χ0n) is 24.8. The summed E-state index contributed by atoms with van der Waals surface area (Å²) in [6.45, 7) is 14.8. The molecule has 2 unspecified atom stereocenters. The predicted octanol–water partition coefficient (Wildman–Crippen LogP) is 2.16. The summed E-state index contributed by atoms with van der Waals surface area (Å²) >= 11 is 0. The van der Waals surface area contributed by atoms with Crippen LogP contribution in [0.15, 0.2) is 25.3 Å². The summed E-state index contributed by atoms with van der Waals surface area (Å²) in [5, 5.41) is 9.27. The van der Waals surface area contributed by atoms with Crippen LogP contribution in [0.3, 0.4) is 0 Å². The van der Waals surface area contributed by atoms with E-state index in [1.165, 1.54) is 0 Å². The molecule has 2 amide bonds. The van der Waals surface area contributed by atoms with Crippen LogP contribution in [0.5, 0.6) is 0 Å². The Morgan fingerprint density at radius 1 is 1.10 bits per heavy atom. The molecule has 1 spiro atoms. The van der Waals surface area contributed by atoms with Gasteiger partial charge >= 0.3 is 5.97 Å². The van der Waals surface area contributed by atoms with Crippen molar-refractivity contribution in [1.29, 1.82) is 0 Å². The van der Waals surface area contributed by atoms with Gasteiger partial charge in [-0.3, -0.25) is 19.3 Å². The van der Waals surface area contributed by atoms with Crippen molar-refractivity contribution < 1.29 is 33.7 Å². The lowest BCUT2D eigenvalue weighted by Gasteiger charge is -2.37. The smallest absolute Gasteiger partial charge is 0.312 e. The van der Waals surface area contributed by atoms with Crippen LogP contribution in [-0.2, 0) is 28.6 Å². The molecule has 5 atom stereocenters. The highest BCUT2D eigenvalue weighted by molar-refractivity contribution is 5.98. The molecular formula is C31H49N3O7. The third kappa shape index (κ3) is 6.55. The normalized spacial score (nSPS) is 30.8. The quantitative estimate of drug-likeness (QED) is 0.160. The molecule has 10 nitrogen and oxygen atoms in total. The summed E-state index contributed by atoms with van der Waals surface area (Å²) < 4.78 is 17.9. The summed E-state index contributed by atoms with van der Waals surface area (Å²) in [6.07, 6.45) is 9.17. The molecule has 4 aliphatic heterocycles. The topological polar surface area (TPSA) is 109 Å². The second kappa shape index (κ2) is 14.3. The van der Waals surface area contributed by atoms with Gasteiger partial charge in [-0.05, 0) is 58.3 Å². The van der Waals surface area contributed by atoms with E-state index in [0.29, 0.717) is 65.1 Å². The Hall–Kier alpha value is -2.27. The fourth-order valence-electron chi connectivity index (χ4n) is 7.23. The van der Waals surface area contributed by atoms with Gasteiger partial charge in [-0.1, -0.05) is 12.2 Å². The maximum absolute atomic E-state index is 14.4. The van der Waals surface area contributed by atoms with Crippen LogP contribution in [-0.4, -0.2) is 121 Å². The number of fused-ring (bicyclic) bond motifs is 1. The standard InChI is InChI=1S/C31H49N3O7/c1-4-6-7-11-21-40-29(38)25-24-27(36)34(15-9-8-10-20-35)26(31(24)13-12-30(25,3)41-31)28(37)33(14-5-2)17-16-32-18-22-39-23-19-32/h4-5,24-26,35H,1-2,6-23H2,3H3/t24-,25-,26?,30+,31?/m0/s1. The lowest BCUT2D eigenvalue weighted by Crippen LogP contribution is -2.57. The summed E-state index contributed by atoms with van der Waals surface area (Å²) in [4.78, 5) is 47.8. The van der Waals surface area contributed by atoms with Gasteiger partial charge in [0.25, 0.3) is 0 Å². The molecule has 0 aromatic carbocycles. The molecule has 2 bridgehead atoms. The average Bonchev–Trinajstić information content (AvgIpc) is 3.54. The first kappa shape index (κ1) is 31.7. The molecule has 4 fully saturated rings. The van der Waals surface area contributed by atoms with Crippen molar-refractivity contribution in [2.45, 2.75) is 75.5 Å². The van der Waals surface area contributed by atoms with E-state index in [0.717, 1.165) is 38.8 Å². The highest BCUT2D eigenvalue weighted by Crippen LogP contribution is 2.63. The van der Waals surface area contributed by atoms with Gasteiger partial charge in [-0.25, -0.2) is 0 Å². The van der Waals surface area contributed by atoms with Crippen LogP contribution in [0.25, 0.3) is 0 Å². The Morgan fingerprint density at radius 2 is 1.88 bits per heavy atom. The average molecular weight is 576 g/mol. The van der Waals surface area contributed by atoms with Crippen LogP contribution < -0.4 is 0 Å². The van der Waals surface area contributed by atoms with E-state index in [1.807, 2.05) is 13.0 Å². The van der Waals surface area contributed by atoms with Crippen molar-refractivity contribution in [3.8, 4) is 0 Å². The van der Waals surface area contributed by atoms with Gasteiger partial charge in [0.05, 0.1) is 31.3 Å². The molecule has 10 heteroatoms. The Balaban J connectivity index is 1.57. The number of aliphatic hydroxyl groups is 1. The lowest BCUT2D eigenvalue weighted by atomic mass is 9.66. The van der Waals surface area contributed by atoms with E-state index in [1.54, 1.807) is 15.9 Å². The van der Waals surface area contributed by atoms with Gasteiger partial charge in [0.15, 0.2) is 0 Å². The minimum Gasteiger partial charge on any atom is -0.465 e. The largest absolute Gasteiger partial charge is 0.465 e. The van der Waals surface area contributed by atoms with Gasteiger partial charge < -0.3 is 29.1 Å². The van der Waals surface area contributed by atoms with Crippen molar-refractivity contribution in [2.75, 3.05) is 65.7 Å². The zero-order valence-corrected chi connectivity index (χ0v) is 24.8. The second-order valence-electron chi connectivity index (χ2n) is 12.0. The Morgan fingerprint density at radius 3 is 2.59 bits per heavy atom. The van der Waals surface area contributed by atoms with Crippen molar-refractivity contribution in [1.82, 2.24) is 14.7 Å². The fraction of sp³-hybridized carbons (Fsp3) is 0.774. The summed E-state index contributed by atoms with van der Waals surface area (Å²) in [5.41, 5.74) is -1.91. The second-order valence-corrected chi connectivity index (χ2v) is 12.0. The lowest BCUT2D eigenvalue weighted by molar-refractivity contribution is -0.160. The number of carbonyl (C=O) groups excluding carboxylic acids is 3. The third-order valence-electron chi connectivity index (χ3n) is 9.32. The number of amides is 2. The van der Waals surface area contributed by atoms with E-state index in [2.05, 4.69) is 18.1 Å². The molecule has 0 aromatic rings. The first-order valence-corrected chi connectivity index (χ1v) is 15.4. The van der Waals surface area contributed by atoms with Crippen LogP contribution in [0.2, 0.25) is 0 Å². The van der Waals surface area contributed by atoms with E-state index >= 15 is 0 Å². The van der Waals surface area contributed by atoms with Crippen molar-refractivity contribution >= 4 is 17.8 Å². The van der Waals surface area contributed by atoms with Crippen LogP contribution in [0.1, 0.15) is 58.3 Å². The molecule has 4 heterocycles. The molecule has 4 rings (SSSR count). The molecule has 4 aliphatic rings. The minimum absolute atomic E-state index is 0.0830. The van der Waals surface area contributed by atoms with Crippen molar-refractivity contribution in [3.63, 3.8) is 0 Å². The summed E-state index contributed by atoms with van der Waals surface area (Å²) in [6, 6.07) is -0.814. The third-order valence-corrected chi connectivity index (χ3v) is 9.32. The van der Waals surface area contributed by atoms with Crippen molar-refractivity contribution in [3.05, 3.63) is 25.3 Å². The Bertz CT molecular complexity index is 954. The number of ether oxygens (including phenoxy) is 3. The number of aliphatic hydroxyl groups excluding tert-OH is 1. The maximum Gasteiger partial charge on any atom is 0.312 e. The number of hydrogen-bond acceptors (Lipinski definition) is 8. The molecule has 230 valence electrons. The number of rotatable bonds is 17. The van der Waals surface area contributed by atoms with Gasteiger partial charge in [0.2, 0.25) is 11.8 Å². The predicted molar refractivity (Wildman–Crippen MR) is 154 cm³/mol. The summed E-state index contributed by atoms with van der Waals surface area (Å²) in [7, 11) is 0. The van der Waals surface area contributed by atoms with E-state index < -0.39 is 35.0 Å². The number of morpholine rings is 1. The number of likely N-dealkylation sites (tertiary alicyclic amines) is 1. The highest BCUT2D eigenvalue weighted by Gasteiger charge is 2.78. The minimum atomic E-state index is -1.06. The highest BCUT2D eigenvalue weighted by atomic mass is 16.6. The van der Waals surface area contributed by atoms with Crippen LogP contribution in [0.4, 0.5) is 0 Å². The zero-order chi connectivity index (χ0) is 29.5. The van der Waals surface area contributed by atoms with Gasteiger partial charge in [-0.2, -0.15) is 0 Å². The maximum atomic E-state index is 14.4. The van der Waals surface area contributed by atoms with Gasteiger partial charge in [-0.15, -0.1) is 13.2 Å². The van der Waals surface area contributed by atoms with Crippen LogP contribution >= 0.6 is 0 Å². The van der Waals surface area contributed by atoms with Crippen molar-refractivity contribution in [2.24, 2.45) is 11.8 Å². The van der Waals surface area contributed by atoms with Gasteiger partial charge in [0.1, 0.15) is 17.6 Å². The van der Waals surface area contributed by atoms with E-state index in [-0.39, 0.29) is 25.0 Å². The number of hydrogen-bond donors (Lipinski definition) is 1. The molecular weight excluding hydrogens is 526 g/mol. The fourth-order valence-corrected chi connectivity index (χ4v) is 7.23.